The average molecular weight is 308 g/mol. The molecule has 0 bridgehead atoms. The van der Waals surface area contributed by atoms with Crippen LogP contribution in [0.1, 0.15) is 18.6 Å². The predicted molar refractivity (Wildman–Crippen MR) is 94.2 cm³/mol. The molecule has 0 spiro atoms. The maximum atomic E-state index is 9.71. The quantitative estimate of drug-likeness (QED) is 0.772. The number of aliphatic hydroxyl groups excluding tert-OH is 1. The molecule has 3 rings (SSSR count). The molecule has 3 aromatic rings. The first-order valence-electron chi connectivity index (χ1n) is 7.54. The third kappa shape index (κ3) is 3.24. The van der Waals surface area contributed by atoms with Gasteiger partial charge >= 0.3 is 0 Å². The van der Waals surface area contributed by atoms with Gasteiger partial charge in [0.15, 0.2) is 0 Å². The molecular weight excluding hydrogens is 288 g/mol. The van der Waals surface area contributed by atoms with E-state index in [9.17, 15) is 5.11 Å². The van der Waals surface area contributed by atoms with Gasteiger partial charge in [-0.2, -0.15) is 4.98 Å². The first-order valence-corrected chi connectivity index (χ1v) is 7.54. The largest absolute Gasteiger partial charge is 0.389 e. The summed E-state index contributed by atoms with van der Waals surface area (Å²) in [5, 5.41) is 13.9. The van der Waals surface area contributed by atoms with Gasteiger partial charge in [-0.15, -0.1) is 0 Å². The number of anilines is 3. The van der Waals surface area contributed by atoms with Gasteiger partial charge in [0.05, 0.1) is 11.6 Å². The second-order valence-electron chi connectivity index (χ2n) is 5.71. The Hall–Kier alpha value is -2.66. The molecule has 0 amide bonds. The molecule has 118 valence electrons. The Bertz CT molecular complexity index is 830. The second kappa shape index (κ2) is 6.22. The highest BCUT2D eigenvalue weighted by atomic mass is 16.3. The molecule has 5 nitrogen and oxygen atoms in total. The van der Waals surface area contributed by atoms with Crippen LogP contribution in [-0.2, 0) is 0 Å². The van der Waals surface area contributed by atoms with Crippen molar-refractivity contribution in [2.45, 2.75) is 13.0 Å². The number of aromatic nitrogens is 2. The number of fused-ring (bicyclic) bond motifs is 1. The fourth-order valence-electron chi connectivity index (χ4n) is 2.46. The Labute approximate surface area is 135 Å². The Morgan fingerprint density at radius 1 is 1.04 bits per heavy atom. The standard InChI is InChI=1S/C18H20N4O/c1-12(23)13-7-6-8-14(11-13)19-18-20-16-10-5-4-9-15(16)17(21-18)22(2)3/h4-12,23H,1-3H3,(H,19,20,21)/t12-/m0/s1. The minimum atomic E-state index is -0.508. The van der Waals surface area contributed by atoms with E-state index in [-0.39, 0.29) is 0 Å². The van der Waals surface area contributed by atoms with Gasteiger partial charge in [-0.05, 0) is 36.8 Å². The van der Waals surface area contributed by atoms with Gasteiger partial charge < -0.3 is 15.3 Å². The smallest absolute Gasteiger partial charge is 0.229 e. The van der Waals surface area contributed by atoms with Crippen LogP contribution in [0.25, 0.3) is 10.9 Å². The summed E-state index contributed by atoms with van der Waals surface area (Å²) in [7, 11) is 3.93. The van der Waals surface area contributed by atoms with E-state index in [1.807, 2.05) is 67.5 Å². The van der Waals surface area contributed by atoms with Crippen LogP contribution in [0.5, 0.6) is 0 Å². The van der Waals surface area contributed by atoms with Crippen LogP contribution in [0.15, 0.2) is 48.5 Å². The normalized spacial score (nSPS) is 12.2. The summed E-state index contributed by atoms with van der Waals surface area (Å²) in [6.07, 6.45) is -0.508. The van der Waals surface area contributed by atoms with Crippen LogP contribution in [0.3, 0.4) is 0 Å². The zero-order valence-corrected chi connectivity index (χ0v) is 13.5. The lowest BCUT2D eigenvalue weighted by atomic mass is 10.1. The lowest BCUT2D eigenvalue weighted by Gasteiger charge is -2.16. The van der Waals surface area contributed by atoms with Crippen LogP contribution in [-0.4, -0.2) is 29.2 Å². The third-order valence-corrected chi connectivity index (χ3v) is 3.63. The summed E-state index contributed by atoms with van der Waals surface area (Å²) in [5.41, 5.74) is 2.59. The van der Waals surface area contributed by atoms with Gasteiger partial charge in [0.25, 0.3) is 0 Å². The first-order chi connectivity index (χ1) is 11.0. The average Bonchev–Trinajstić information content (AvgIpc) is 2.54. The van der Waals surface area contributed by atoms with Crippen molar-refractivity contribution in [2.24, 2.45) is 0 Å². The predicted octanol–water partition coefficient (Wildman–Crippen LogP) is 3.49. The van der Waals surface area contributed by atoms with Crippen molar-refractivity contribution < 1.29 is 5.11 Å². The van der Waals surface area contributed by atoms with E-state index in [4.69, 9.17) is 0 Å². The summed E-state index contributed by atoms with van der Waals surface area (Å²) >= 11 is 0. The van der Waals surface area contributed by atoms with Crippen molar-refractivity contribution >= 4 is 28.4 Å². The van der Waals surface area contributed by atoms with Crippen molar-refractivity contribution in [3.63, 3.8) is 0 Å². The monoisotopic (exact) mass is 308 g/mol. The van der Waals surface area contributed by atoms with E-state index in [0.29, 0.717) is 5.95 Å². The fourth-order valence-corrected chi connectivity index (χ4v) is 2.46. The van der Waals surface area contributed by atoms with E-state index in [1.165, 1.54) is 0 Å². The molecule has 0 aliphatic rings. The number of rotatable bonds is 4. The Balaban J connectivity index is 2.02. The van der Waals surface area contributed by atoms with Crippen molar-refractivity contribution in [3.8, 4) is 0 Å². The number of hydrogen-bond donors (Lipinski definition) is 2. The van der Waals surface area contributed by atoms with Crippen molar-refractivity contribution in [1.82, 2.24) is 9.97 Å². The summed E-state index contributed by atoms with van der Waals surface area (Å²) in [6, 6.07) is 15.6. The molecule has 0 saturated heterocycles. The van der Waals surface area contributed by atoms with Crippen LogP contribution in [0.4, 0.5) is 17.5 Å². The van der Waals surface area contributed by atoms with Crippen LogP contribution < -0.4 is 10.2 Å². The highest BCUT2D eigenvalue weighted by Gasteiger charge is 2.10. The number of aliphatic hydroxyl groups is 1. The van der Waals surface area contributed by atoms with Gasteiger partial charge in [0.2, 0.25) is 5.95 Å². The van der Waals surface area contributed by atoms with Gasteiger partial charge in [-0.3, -0.25) is 0 Å². The molecular formula is C18H20N4O. The number of para-hydroxylation sites is 1. The molecule has 23 heavy (non-hydrogen) atoms. The molecule has 0 radical (unpaired) electrons. The molecule has 2 N–H and O–H groups in total. The van der Waals surface area contributed by atoms with Crippen LogP contribution >= 0.6 is 0 Å². The lowest BCUT2D eigenvalue weighted by molar-refractivity contribution is 0.199. The summed E-state index contributed by atoms with van der Waals surface area (Å²) in [6.45, 7) is 1.75. The summed E-state index contributed by atoms with van der Waals surface area (Å²) in [5.74, 6) is 1.40. The van der Waals surface area contributed by atoms with Crippen molar-refractivity contribution in [2.75, 3.05) is 24.3 Å². The van der Waals surface area contributed by atoms with E-state index in [1.54, 1.807) is 6.92 Å². The van der Waals surface area contributed by atoms with E-state index < -0.39 is 6.10 Å². The molecule has 5 heteroatoms. The van der Waals surface area contributed by atoms with Gasteiger partial charge in [0.1, 0.15) is 5.82 Å². The van der Waals surface area contributed by atoms with Crippen molar-refractivity contribution in [3.05, 3.63) is 54.1 Å². The number of nitrogens with zero attached hydrogens (tertiary/aromatic N) is 3. The third-order valence-electron chi connectivity index (χ3n) is 3.63. The van der Waals surface area contributed by atoms with E-state index >= 15 is 0 Å². The number of benzene rings is 2. The van der Waals surface area contributed by atoms with Gasteiger partial charge in [0, 0.05) is 25.2 Å². The molecule has 0 saturated carbocycles. The van der Waals surface area contributed by atoms with E-state index in [2.05, 4.69) is 15.3 Å². The molecule has 1 aromatic heterocycles. The molecule has 0 unspecified atom stereocenters. The molecule has 0 aliphatic heterocycles. The summed E-state index contributed by atoms with van der Waals surface area (Å²) in [4.78, 5) is 11.2. The number of nitrogens with one attached hydrogen (secondary N) is 1. The molecule has 0 fully saturated rings. The fraction of sp³-hybridized carbons (Fsp3) is 0.222. The summed E-state index contributed by atoms with van der Waals surface area (Å²) < 4.78 is 0. The molecule has 0 aliphatic carbocycles. The SMILES string of the molecule is C[C@H](O)c1cccc(Nc2nc(N(C)C)c3ccccc3n2)c1. The van der Waals surface area contributed by atoms with Gasteiger partial charge in [-0.25, -0.2) is 4.98 Å². The molecule has 1 heterocycles. The van der Waals surface area contributed by atoms with Gasteiger partial charge in [-0.1, -0.05) is 24.3 Å². The van der Waals surface area contributed by atoms with Crippen LogP contribution in [0, 0.1) is 0 Å². The van der Waals surface area contributed by atoms with E-state index in [0.717, 1.165) is 28.0 Å². The Kier molecular flexibility index (Phi) is 4.12. The highest BCUT2D eigenvalue weighted by molar-refractivity contribution is 5.90. The lowest BCUT2D eigenvalue weighted by Crippen LogP contribution is -2.13. The minimum Gasteiger partial charge on any atom is -0.389 e. The van der Waals surface area contributed by atoms with Crippen LogP contribution in [0.2, 0.25) is 0 Å². The topological polar surface area (TPSA) is 61.3 Å². The zero-order chi connectivity index (χ0) is 16.4. The maximum Gasteiger partial charge on any atom is 0.229 e. The number of hydrogen-bond acceptors (Lipinski definition) is 5. The Morgan fingerprint density at radius 3 is 2.57 bits per heavy atom. The molecule has 1 atom stereocenters. The van der Waals surface area contributed by atoms with Crippen molar-refractivity contribution in [1.29, 1.82) is 0 Å². The maximum absolute atomic E-state index is 9.71. The molecule has 2 aromatic carbocycles. The highest BCUT2D eigenvalue weighted by Crippen LogP contribution is 2.26. The second-order valence-corrected chi connectivity index (χ2v) is 5.71. The Morgan fingerprint density at radius 2 is 1.83 bits per heavy atom. The zero-order valence-electron chi connectivity index (χ0n) is 13.5. The first kappa shape index (κ1) is 15.2. The minimum absolute atomic E-state index is 0.508.